The average Bonchev–Trinajstić information content (AvgIpc) is 3.10. The number of ether oxygens (including phenoxy) is 3. The Bertz CT molecular complexity index is 604. The number of rotatable bonds is 20. The van der Waals surface area contributed by atoms with Crippen molar-refractivity contribution in [1.29, 1.82) is 0 Å². The molecule has 1 fully saturated rings. The molecular formula is C21H37N3O9. The first-order valence-electron chi connectivity index (χ1n) is 11.4. The summed E-state index contributed by atoms with van der Waals surface area (Å²) in [6.45, 7) is 3.83. The van der Waals surface area contributed by atoms with Crippen molar-refractivity contribution in [2.45, 2.75) is 51.2 Å². The molecule has 33 heavy (non-hydrogen) atoms. The van der Waals surface area contributed by atoms with Crippen LogP contribution >= 0.6 is 0 Å². The van der Waals surface area contributed by atoms with E-state index in [0.29, 0.717) is 78.4 Å². The topological polar surface area (TPSA) is 164 Å². The number of aliphatic carboxylic acids is 1. The molecule has 190 valence electrons. The van der Waals surface area contributed by atoms with Crippen LogP contribution in [0.25, 0.3) is 0 Å². The van der Waals surface area contributed by atoms with Crippen molar-refractivity contribution in [3.05, 3.63) is 0 Å². The third kappa shape index (κ3) is 15.2. The van der Waals surface area contributed by atoms with E-state index >= 15 is 0 Å². The molecule has 0 bridgehead atoms. The molecule has 1 unspecified atom stereocenters. The number of carboxylic acid groups (broad SMARTS) is 1. The highest BCUT2D eigenvalue weighted by Gasteiger charge is 2.28. The zero-order valence-electron chi connectivity index (χ0n) is 19.1. The molecule has 1 aliphatic rings. The van der Waals surface area contributed by atoms with Gasteiger partial charge in [0.25, 0.3) is 0 Å². The van der Waals surface area contributed by atoms with Crippen molar-refractivity contribution >= 4 is 23.7 Å². The number of hydrogen-bond donors (Lipinski definition) is 4. The smallest absolute Gasteiger partial charge is 0.303 e. The summed E-state index contributed by atoms with van der Waals surface area (Å²) in [6.07, 6.45) is 1.25. The molecule has 0 saturated carbocycles. The number of aliphatic hydroxyl groups is 1. The Morgan fingerprint density at radius 1 is 0.848 bits per heavy atom. The quantitative estimate of drug-likeness (QED) is 0.166. The van der Waals surface area contributed by atoms with E-state index < -0.39 is 12.2 Å². The van der Waals surface area contributed by atoms with Gasteiger partial charge in [-0.25, -0.2) is 0 Å². The molecule has 12 heteroatoms. The third-order valence-corrected chi connectivity index (χ3v) is 4.76. The van der Waals surface area contributed by atoms with Gasteiger partial charge in [-0.1, -0.05) is 0 Å². The van der Waals surface area contributed by atoms with Gasteiger partial charge >= 0.3 is 5.97 Å². The molecule has 4 N–H and O–H groups in total. The maximum Gasteiger partial charge on any atom is 0.303 e. The highest BCUT2D eigenvalue weighted by Crippen LogP contribution is 2.16. The number of carbonyl (C=O) groups is 4. The van der Waals surface area contributed by atoms with Gasteiger partial charge in [0.1, 0.15) is 6.23 Å². The monoisotopic (exact) mass is 475 g/mol. The van der Waals surface area contributed by atoms with Crippen LogP contribution in [-0.2, 0) is 33.4 Å². The lowest BCUT2D eigenvalue weighted by Crippen LogP contribution is -2.36. The van der Waals surface area contributed by atoms with Gasteiger partial charge in [0, 0.05) is 58.5 Å². The van der Waals surface area contributed by atoms with Crippen LogP contribution in [0.1, 0.15) is 44.9 Å². The maximum absolute atomic E-state index is 11.8. The van der Waals surface area contributed by atoms with E-state index in [4.69, 9.17) is 19.3 Å². The van der Waals surface area contributed by atoms with Crippen LogP contribution in [0.3, 0.4) is 0 Å². The Balaban J connectivity index is 1.78. The van der Waals surface area contributed by atoms with Gasteiger partial charge in [0.2, 0.25) is 17.7 Å². The Morgan fingerprint density at radius 3 is 1.85 bits per heavy atom. The number of carbonyl (C=O) groups excluding carboxylic acids is 3. The van der Waals surface area contributed by atoms with Crippen LogP contribution in [0.4, 0.5) is 0 Å². The molecule has 12 nitrogen and oxygen atoms in total. The van der Waals surface area contributed by atoms with Crippen molar-refractivity contribution in [2.24, 2.45) is 0 Å². The first-order chi connectivity index (χ1) is 15.9. The van der Waals surface area contributed by atoms with Gasteiger partial charge in [-0.3, -0.25) is 19.2 Å². The molecule has 0 aromatic rings. The largest absolute Gasteiger partial charge is 0.481 e. The summed E-state index contributed by atoms with van der Waals surface area (Å²) in [5.74, 6) is -1.55. The summed E-state index contributed by atoms with van der Waals surface area (Å²) in [7, 11) is 0. The Hall–Kier alpha value is -2.28. The van der Waals surface area contributed by atoms with E-state index in [1.807, 2.05) is 0 Å². The molecule has 3 amide bonds. The van der Waals surface area contributed by atoms with Crippen molar-refractivity contribution in [3.63, 3.8) is 0 Å². The van der Waals surface area contributed by atoms with Gasteiger partial charge < -0.3 is 40.0 Å². The number of carboxylic acids is 1. The van der Waals surface area contributed by atoms with Crippen LogP contribution in [0.2, 0.25) is 0 Å². The lowest BCUT2D eigenvalue weighted by Gasteiger charge is -2.19. The molecular weight excluding hydrogens is 438 g/mol. The maximum atomic E-state index is 11.8. The van der Waals surface area contributed by atoms with Gasteiger partial charge in [0.15, 0.2) is 0 Å². The summed E-state index contributed by atoms with van der Waals surface area (Å²) < 4.78 is 16.2. The zero-order valence-corrected chi connectivity index (χ0v) is 19.1. The van der Waals surface area contributed by atoms with Crippen molar-refractivity contribution in [2.75, 3.05) is 59.3 Å². The second-order valence-electron chi connectivity index (χ2n) is 7.49. The normalized spacial score (nSPS) is 15.6. The second-order valence-corrected chi connectivity index (χ2v) is 7.49. The van der Waals surface area contributed by atoms with Gasteiger partial charge in [-0.2, -0.15) is 0 Å². The molecule has 1 rings (SSSR count). The number of amides is 3. The van der Waals surface area contributed by atoms with E-state index in [9.17, 15) is 24.3 Å². The molecule has 0 aromatic heterocycles. The summed E-state index contributed by atoms with van der Waals surface area (Å²) in [4.78, 5) is 46.3. The summed E-state index contributed by atoms with van der Waals surface area (Å²) in [5.41, 5.74) is 0. The van der Waals surface area contributed by atoms with Crippen LogP contribution in [-0.4, -0.2) is 104 Å². The van der Waals surface area contributed by atoms with Crippen LogP contribution in [0.15, 0.2) is 0 Å². The minimum atomic E-state index is -0.991. The van der Waals surface area contributed by atoms with E-state index in [1.54, 1.807) is 0 Å². The summed E-state index contributed by atoms with van der Waals surface area (Å²) in [6, 6.07) is 0. The minimum absolute atomic E-state index is 0.0193. The predicted octanol–water partition coefficient (Wildman–Crippen LogP) is -0.755. The Morgan fingerprint density at radius 2 is 1.36 bits per heavy atom. The molecule has 1 aliphatic heterocycles. The first kappa shape index (κ1) is 28.8. The fraction of sp³-hybridized carbons (Fsp3) is 0.810. The second kappa shape index (κ2) is 18.2. The Kier molecular flexibility index (Phi) is 15.8. The van der Waals surface area contributed by atoms with E-state index in [2.05, 4.69) is 10.6 Å². The highest BCUT2D eigenvalue weighted by molar-refractivity contribution is 5.81. The van der Waals surface area contributed by atoms with Gasteiger partial charge in [-0.05, 0) is 12.8 Å². The lowest BCUT2D eigenvalue weighted by atomic mass is 10.3. The van der Waals surface area contributed by atoms with Crippen LogP contribution < -0.4 is 10.6 Å². The fourth-order valence-corrected chi connectivity index (χ4v) is 2.96. The molecule has 0 aromatic carbocycles. The minimum Gasteiger partial charge on any atom is -0.481 e. The zero-order chi connectivity index (χ0) is 24.3. The van der Waals surface area contributed by atoms with Crippen LogP contribution in [0.5, 0.6) is 0 Å². The highest BCUT2D eigenvalue weighted by atomic mass is 16.5. The number of likely N-dealkylation sites (tertiary alicyclic amines) is 1. The van der Waals surface area contributed by atoms with E-state index in [1.165, 1.54) is 4.90 Å². The number of aliphatic hydroxyl groups excluding tert-OH is 1. The van der Waals surface area contributed by atoms with Crippen molar-refractivity contribution in [1.82, 2.24) is 15.5 Å². The third-order valence-electron chi connectivity index (χ3n) is 4.76. The number of nitrogens with zero attached hydrogens (tertiary/aromatic N) is 1. The molecule has 1 saturated heterocycles. The lowest BCUT2D eigenvalue weighted by molar-refractivity contribution is -0.139. The summed E-state index contributed by atoms with van der Waals surface area (Å²) in [5, 5.41) is 23.5. The van der Waals surface area contributed by atoms with Gasteiger partial charge in [-0.15, -0.1) is 0 Å². The van der Waals surface area contributed by atoms with Crippen molar-refractivity contribution in [3.8, 4) is 0 Å². The molecule has 0 spiro atoms. The SMILES string of the molecule is O=C(O)CCC(=O)NCCCOCCOCCOCCCNC(=O)CCN1C(=O)CCC1O. The average molecular weight is 476 g/mol. The van der Waals surface area contributed by atoms with Crippen molar-refractivity contribution < 1.29 is 43.6 Å². The number of hydrogen-bond acceptors (Lipinski definition) is 8. The van der Waals surface area contributed by atoms with Gasteiger partial charge in [0.05, 0.1) is 32.8 Å². The van der Waals surface area contributed by atoms with Crippen LogP contribution in [0, 0.1) is 0 Å². The molecule has 1 atom stereocenters. The molecule has 1 heterocycles. The molecule has 0 radical (unpaired) electrons. The first-order valence-corrected chi connectivity index (χ1v) is 11.4. The summed E-state index contributed by atoms with van der Waals surface area (Å²) >= 11 is 0. The standard InChI is InChI=1S/C21H37N3O9/c25-17(3-6-21(29)30)22-8-1-11-31-13-15-33-16-14-32-12-2-9-23-18(26)7-10-24-19(27)4-5-20(24)28/h19,27H,1-16H2,(H,22,25)(H,23,26)(H,29,30). The van der Waals surface area contributed by atoms with E-state index in [0.717, 1.165) is 0 Å². The van der Waals surface area contributed by atoms with E-state index in [-0.39, 0.29) is 43.5 Å². The molecule has 0 aliphatic carbocycles. The Labute approximate surface area is 193 Å². The fourth-order valence-electron chi connectivity index (χ4n) is 2.96. The predicted molar refractivity (Wildman–Crippen MR) is 116 cm³/mol. The number of nitrogens with one attached hydrogen (secondary N) is 2.